The molecule has 0 fully saturated rings. The van der Waals surface area contributed by atoms with E-state index in [0.29, 0.717) is 0 Å². The molecule has 0 saturated carbocycles. The van der Waals surface area contributed by atoms with Crippen LogP contribution < -0.4 is 0 Å². The molecule has 1 aliphatic heterocycles. The summed E-state index contributed by atoms with van der Waals surface area (Å²) in [4.78, 5) is 41.7. The molecule has 146 valence electrons. The summed E-state index contributed by atoms with van der Waals surface area (Å²) >= 11 is 1.27. The molecule has 9 heteroatoms. The molecule has 0 atom stereocenters. The fourth-order valence-electron chi connectivity index (χ4n) is 1.76. The van der Waals surface area contributed by atoms with E-state index in [-0.39, 0.29) is 23.9 Å². The van der Waals surface area contributed by atoms with Crippen LogP contribution in [0.2, 0.25) is 0 Å². The number of thioether (sulfide) groups is 1. The number of aliphatic imine (C=N–C) groups is 1. The van der Waals surface area contributed by atoms with E-state index in [4.69, 9.17) is 14.2 Å². The number of nitrogens with zero attached hydrogens (tertiary/aromatic N) is 2. The van der Waals surface area contributed by atoms with Crippen LogP contribution in [-0.4, -0.2) is 52.5 Å². The number of hydrogen-bond donors (Lipinski definition) is 0. The number of carbonyl (C=O) groups excluding carboxylic acids is 3. The van der Waals surface area contributed by atoms with Crippen molar-refractivity contribution in [3.63, 3.8) is 0 Å². The van der Waals surface area contributed by atoms with Crippen LogP contribution in [0.3, 0.4) is 0 Å². The molecule has 0 aromatic heterocycles. The van der Waals surface area contributed by atoms with Crippen LogP contribution in [0, 0.1) is 0 Å². The zero-order valence-corrected chi connectivity index (χ0v) is 17.1. The molecule has 0 unspecified atom stereocenters. The van der Waals surface area contributed by atoms with Gasteiger partial charge in [-0.3, -0.25) is 4.90 Å². The Hall–Kier alpha value is -2.03. The van der Waals surface area contributed by atoms with Gasteiger partial charge < -0.3 is 14.2 Å². The average molecular weight is 386 g/mol. The lowest BCUT2D eigenvalue weighted by atomic mass is 10.2. The van der Waals surface area contributed by atoms with Crippen LogP contribution in [0.1, 0.15) is 48.5 Å². The van der Waals surface area contributed by atoms with Gasteiger partial charge in [0.2, 0.25) is 0 Å². The van der Waals surface area contributed by atoms with Crippen molar-refractivity contribution in [2.45, 2.75) is 59.7 Å². The van der Waals surface area contributed by atoms with Crippen LogP contribution in [0.15, 0.2) is 16.1 Å². The van der Waals surface area contributed by atoms with Crippen LogP contribution in [-0.2, 0) is 19.0 Å². The highest BCUT2D eigenvalue weighted by Crippen LogP contribution is 2.27. The molecule has 1 heterocycles. The zero-order chi connectivity index (χ0) is 20.1. The number of amides is 2. The number of hydrogen-bond acceptors (Lipinski definition) is 7. The fraction of sp³-hybridized carbons (Fsp3) is 0.647. The number of ether oxygens (including phenoxy) is 3. The molecule has 0 saturated heterocycles. The van der Waals surface area contributed by atoms with E-state index >= 15 is 0 Å². The maximum absolute atomic E-state index is 12.4. The summed E-state index contributed by atoms with van der Waals surface area (Å²) in [6.45, 7) is 12.0. The molecule has 0 spiro atoms. The standard InChI is InChI=1S/C17H26N2O6S/c1-8-23-13(20)12(18-14(21)24-16(2,3)4)11-9-26-10-19(11)15(22)25-17(5,6)7/h9H,8,10H2,1-7H3. The first-order valence-corrected chi connectivity index (χ1v) is 9.20. The van der Waals surface area contributed by atoms with Crippen molar-refractivity contribution in [1.29, 1.82) is 0 Å². The number of carbonyl (C=O) groups is 3. The van der Waals surface area contributed by atoms with Gasteiger partial charge in [0, 0.05) is 0 Å². The number of rotatable bonds is 3. The smallest absolute Gasteiger partial charge is 0.434 e. The van der Waals surface area contributed by atoms with Gasteiger partial charge in [0.15, 0.2) is 5.71 Å². The van der Waals surface area contributed by atoms with Crippen molar-refractivity contribution in [3.05, 3.63) is 11.1 Å². The minimum absolute atomic E-state index is 0.0963. The Bertz CT molecular complexity index is 628. The van der Waals surface area contributed by atoms with Crippen molar-refractivity contribution >= 4 is 35.6 Å². The van der Waals surface area contributed by atoms with Gasteiger partial charge in [-0.15, -0.1) is 11.8 Å². The normalized spacial score (nSPS) is 15.4. The molecule has 8 nitrogen and oxygen atoms in total. The predicted molar refractivity (Wildman–Crippen MR) is 98.9 cm³/mol. The van der Waals surface area contributed by atoms with E-state index in [9.17, 15) is 14.4 Å². The van der Waals surface area contributed by atoms with Gasteiger partial charge in [-0.2, -0.15) is 4.99 Å². The summed E-state index contributed by atoms with van der Waals surface area (Å²) in [5, 5.41) is 1.56. The molecule has 0 aromatic rings. The van der Waals surface area contributed by atoms with Crippen LogP contribution in [0.4, 0.5) is 9.59 Å². The molecule has 0 N–H and O–H groups in total. The second-order valence-electron chi connectivity index (χ2n) is 7.37. The van der Waals surface area contributed by atoms with Crippen molar-refractivity contribution in [2.75, 3.05) is 12.5 Å². The molecule has 1 rings (SSSR count). The summed E-state index contributed by atoms with van der Waals surface area (Å²) in [6, 6.07) is 0. The second kappa shape index (κ2) is 8.57. The predicted octanol–water partition coefficient (Wildman–Crippen LogP) is 3.71. The van der Waals surface area contributed by atoms with Crippen molar-refractivity contribution < 1.29 is 28.6 Å². The SMILES string of the molecule is CCOC(=O)C(=NC(=O)OC(C)(C)C)C1=CSCN1C(=O)OC(C)(C)C. The maximum atomic E-state index is 12.4. The van der Waals surface area contributed by atoms with Gasteiger partial charge in [-0.05, 0) is 53.9 Å². The van der Waals surface area contributed by atoms with Gasteiger partial charge in [-0.1, -0.05) is 0 Å². The second-order valence-corrected chi connectivity index (χ2v) is 8.20. The third kappa shape index (κ3) is 7.07. The Kier molecular flexibility index (Phi) is 7.25. The van der Waals surface area contributed by atoms with Gasteiger partial charge in [0.05, 0.1) is 18.2 Å². The van der Waals surface area contributed by atoms with Crippen molar-refractivity contribution in [3.8, 4) is 0 Å². The molecular weight excluding hydrogens is 360 g/mol. The van der Waals surface area contributed by atoms with E-state index < -0.39 is 29.4 Å². The van der Waals surface area contributed by atoms with Crippen molar-refractivity contribution in [2.24, 2.45) is 4.99 Å². The van der Waals surface area contributed by atoms with E-state index in [0.717, 1.165) is 0 Å². The van der Waals surface area contributed by atoms with E-state index in [1.165, 1.54) is 16.7 Å². The minimum atomic E-state index is -0.942. The van der Waals surface area contributed by atoms with Gasteiger partial charge in [0.25, 0.3) is 0 Å². The summed E-state index contributed by atoms with van der Waals surface area (Å²) in [6.07, 6.45) is -1.59. The Morgan fingerprint density at radius 3 is 2.19 bits per heavy atom. The Balaban J connectivity index is 3.15. The maximum Gasteiger partial charge on any atom is 0.434 e. The Labute approximate surface area is 157 Å². The minimum Gasteiger partial charge on any atom is -0.461 e. The quantitative estimate of drug-likeness (QED) is 0.414. The van der Waals surface area contributed by atoms with E-state index in [1.807, 2.05) is 0 Å². The highest BCUT2D eigenvalue weighted by atomic mass is 32.2. The highest BCUT2D eigenvalue weighted by Gasteiger charge is 2.34. The Morgan fingerprint density at radius 1 is 1.12 bits per heavy atom. The molecule has 0 aliphatic carbocycles. The Morgan fingerprint density at radius 2 is 1.69 bits per heavy atom. The molecule has 26 heavy (non-hydrogen) atoms. The topological polar surface area (TPSA) is 94.5 Å². The summed E-state index contributed by atoms with van der Waals surface area (Å²) in [7, 11) is 0. The van der Waals surface area contributed by atoms with Gasteiger partial charge in [-0.25, -0.2) is 14.4 Å². The average Bonchev–Trinajstić information content (AvgIpc) is 2.90. The number of esters is 1. The molecule has 2 amide bonds. The monoisotopic (exact) mass is 386 g/mol. The highest BCUT2D eigenvalue weighted by molar-refractivity contribution is 8.02. The van der Waals surface area contributed by atoms with Crippen LogP contribution in [0.5, 0.6) is 0 Å². The summed E-state index contributed by atoms with van der Waals surface area (Å²) in [5.74, 6) is -0.586. The summed E-state index contributed by atoms with van der Waals surface area (Å²) < 4.78 is 15.4. The molecule has 0 aromatic carbocycles. The third-order valence-corrected chi connectivity index (χ3v) is 3.41. The van der Waals surface area contributed by atoms with Crippen LogP contribution >= 0.6 is 11.8 Å². The fourth-order valence-corrected chi connectivity index (χ4v) is 2.62. The lowest BCUT2D eigenvalue weighted by molar-refractivity contribution is -0.135. The van der Waals surface area contributed by atoms with E-state index in [2.05, 4.69) is 4.99 Å². The molecule has 1 aliphatic rings. The molecular formula is C17H26N2O6S. The molecule has 0 bridgehead atoms. The lowest BCUT2D eigenvalue weighted by Gasteiger charge is -2.25. The third-order valence-electron chi connectivity index (χ3n) is 2.61. The zero-order valence-electron chi connectivity index (χ0n) is 16.2. The first-order chi connectivity index (χ1) is 11.8. The first kappa shape index (κ1) is 22.0. The first-order valence-electron chi connectivity index (χ1n) is 8.15. The lowest BCUT2D eigenvalue weighted by Crippen LogP contribution is -2.38. The molecule has 0 radical (unpaired) electrons. The van der Waals surface area contributed by atoms with Gasteiger partial charge in [0.1, 0.15) is 11.2 Å². The summed E-state index contributed by atoms with van der Waals surface area (Å²) in [5.41, 5.74) is -1.63. The van der Waals surface area contributed by atoms with Crippen LogP contribution in [0.25, 0.3) is 0 Å². The largest absolute Gasteiger partial charge is 0.461 e. The van der Waals surface area contributed by atoms with E-state index in [1.54, 1.807) is 53.9 Å². The van der Waals surface area contributed by atoms with Crippen molar-refractivity contribution in [1.82, 2.24) is 4.90 Å². The van der Waals surface area contributed by atoms with Gasteiger partial charge >= 0.3 is 18.2 Å².